The van der Waals surface area contributed by atoms with E-state index >= 15 is 0 Å². The SMILES string of the molecule is CN[C@@H](C)C(=O)NC(C(=O)N1Cc2ccc(OCc3ccc(C(=O)NC4C[C@@H](C(=O)N[C@@H]5CCCc6ccccc65)N(C(=O)[C@@H](NC(=O)[C@H](C)NC)C(C)(C)C)C4)cc3)cc2C[C@H]1C(=O)N[C@@H]1CCCc2ccccc21)C(C)(C)C. The molecule has 1 saturated heterocycles. The Bertz CT molecular complexity index is 2930. The summed E-state index contributed by atoms with van der Waals surface area (Å²) in [5.74, 6) is -1.74. The van der Waals surface area contributed by atoms with Gasteiger partial charge < -0.3 is 51.8 Å². The van der Waals surface area contributed by atoms with Crippen molar-refractivity contribution in [2.24, 2.45) is 10.8 Å². The highest BCUT2D eigenvalue weighted by atomic mass is 16.5. The van der Waals surface area contributed by atoms with Gasteiger partial charge >= 0.3 is 0 Å². The second-order valence-electron chi connectivity index (χ2n) is 24.5. The number of amides is 7. The molecule has 4 aliphatic rings. The van der Waals surface area contributed by atoms with Gasteiger partial charge in [-0.1, -0.05) is 108 Å². The number of rotatable bonds is 17. The number of aryl methyl sites for hydroxylation is 2. The summed E-state index contributed by atoms with van der Waals surface area (Å²) in [5.41, 5.74) is 6.10. The van der Waals surface area contributed by atoms with Gasteiger partial charge in [0.25, 0.3) is 5.91 Å². The fourth-order valence-corrected chi connectivity index (χ4v) is 11.5. The highest BCUT2D eigenvalue weighted by Gasteiger charge is 2.47. The molecule has 1 fully saturated rings. The van der Waals surface area contributed by atoms with Crippen LogP contribution in [-0.4, -0.2) is 114 Å². The quantitative estimate of drug-likeness (QED) is 0.0666. The minimum Gasteiger partial charge on any atom is -0.489 e. The van der Waals surface area contributed by atoms with Crippen molar-refractivity contribution < 1.29 is 38.3 Å². The zero-order valence-corrected chi connectivity index (χ0v) is 48.3. The molecule has 17 nitrogen and oxygen atoms in total. The number of hydrogen-bond donors (Lipinski definition) is 7. The Kier molecular flexibility index (Phi) is 18.5. The fraction of sp³-hybridized carbons (Fsp3) is 0.508. The first kappa shape index (κ1) is 59.0. The zero-order chi connectivity index (χ0) is 57.6. The Balaban J connectivity index is 0.955. The molecular weight excluding hydrogens is 1010 g/mol. The summed E-state index contributed by atoms with van der Waals surface area (Å²) in [6.45, 7) is 15.2. The van der Waals surface area contributed by atoms with E-state index in [1.807, 2.05) is 102 Å². The van der Waals surface area contributed by atoms with Crippen LogP contribution in [0, 0.1) is 10.8 Å². The average molecular weight is 1090 g/mol. The van der Waals surface area contributed by atoms with Gasteiger partial charge in [-0.2, -0.15) is 0 Å². The Morgan fingerprint density at radius 2 is 1.11 bits per heavy atom. The van der Waals surface area contributed by atoms with E-state index in [4.69, 9.17) is 4.74 Å². The first-order chi connectivity index (χ1) is 38.0. The lowest BCUT2D eigenvalue weighted by atomic mass is 9.83. The monoisotopic (exact) mass is 1090 g/mol. The van der Waals surface area contributed by atoms with E-state index < -0.39 is 59.0 Å². The molecule has 4 aromatic rings. The first-order valence-electron chi connectivity index (χ1n) is 28.5. The molecule has 2 unspecified atom stereocenters. The third kappa shape index (κ3) is 13.7. The number of likely N-dealkylation sites (N-methyl/N-ethyl adjacent to an activating group) is 2. The van der Waals surface area contributed by atoms with Crippen molar-refractivity contribution in [3.05, 3.63) is 136 Å². The van der Waals surface area contributed by atoms with Gasteiger partial charge in [-0.25, -0.2) is 0 Å². The standard InChI is InChI=1S/C63H83N9O8/c1-37(64-9)55(73)69-53(62(3,4)5)60(78)71-34-43-29-30-46(31-44(43)32-51(71)58(76)67-49-23-15-19-40-17-11-13-21-47(40)49)80-36-39-25-27-42(28-26-39)57(75)66-45-33-52(59(77)68-50-24-16-20-41-18-12-14-22-48(41)50)72(35-45)61(79)54(63(6,7)8)70-56(74)38(2)65-10/h11-14,17-18,21-22,25-31,37-38,45,49-54,64-65H,15-16,19-20,23-24,32-36H2,1-10H3,(H,66,75)(H,67,76)(H,68,77)(H,69,73)(H,70,74)/t37-,38-,45?,49+,50+,51-,52-,53?,54+/m0/s1. The van der Waals surface area contributed by atoms with Crippen molar-refractivity contribution >= 4 is 41.4 Å². The lowest BCUT2D eigenvalue weighted by molar-refractivity contribution is -0.147. The van der Waals surface area contributed by atoms with Gasteiger partial charge in [0, 0.05) is 31.1 Å². The maximum atomic E-state index is 14.8. The third-order valence-corrected chi connectivity index (χ3v) is 16.6. The van der Waals surface area contributed by atoms with Crippen LogP contribution in [0.1, 0.15) is 149 Å². The van der Waals surface area contributed by atoms with E-state index in [1.165, 1.54) is 16.0 Å². The maximum Gasteiger partial charge on any atom is 0.251 e. The van der Waals surface area contributed by atoms with Crippen LogP contribution in [0.4, 0.5) is 0 Å². The summed E-state index contributed by atoms with van der Waals surface area (Å²) in [5, 5.41) is 21.5. The van der Waals surface area contributed by atoms with Crippen LogP contribution in [0.25, 0.3) is 0 Å². The van der Waals surface area contributed by atoms with Gasteiger partial charge in [-0.3, -0.25) is 33.6 Å². The lowest BCUT2D eigenvalue weighted by Crippen LogP contribution is -2.62. The Hall–Kier alpha value is -7.11. The molecule has 428 valence electrons. The van der Waals surface area contributed by atoms with Crippen molar-refractivity contribution in [1.29, 1.82) is 0 Å². The highest BCUT2D eigenvalue weighted by molar-refractivity contribution is 5.97. The molecule has 7 N–H and O–H groups in total. The summed E-state index contributed by atoms with van der Waals surface area (Å²) in [7, 11) is 3.36. The summed E-state index contributed by atoms with van der Waals surface area (Å²) in [6.07, 6.45) is 5.67. The lowest BCUT2D eigenvalue weighted by Gasteiger charge is -2.41. The summed E-state index contributed by atoms with van der Waals surface area (Å²) in [6, 6.07) is 23.3. The van der Waals surface area contributed by atoms with E-state index in [1.54, 1.807) is 45.0 Å². The zero-order valence-electron chi connectivity index (χ0n) is 48.3. The molecule has 2 heterocycles. The minimum absolute atomic E-state index is 0.0708. The molecule has 80 heavy (non-hydrogen) atoms. The van der Waals surface area contributed by atoms with Crippen molar-refractivity contribution in [3.63, 3.8) is 0 Å². The summed E-state index contributed by atoms with van der Waals surface area (Å²) >= 11 is 0. The Labute approximate surface area is 471 Å². The highest BCUT2D eigenvalue weighted by Crippen LogP contribution is 2.35. The molecule has 7 amide bonds. The van der Waals surface area contributed by atoms with Crippen LogP contribution in [0.5, 0.6) is 5.75 Å². The number of benzene rings is 4. The van der Waals surface area contributed by atoms with Crippen LogP contribution in [0.3, 0.4) is 0 Å². The normalized spacial score (nSPS) is 21.2. The molecule has 17 heteroatoms. The number of nitrogens with one attached hydrogen (secondary N) is 7. The summed E-state index contributed by atoms with van der Waals surface area (Å²) in [4.78, 5) is 102. The maximum absolute atomic E-state index is 14.8. The van der Waals surface area contributed by atoms with E-state index in [0.717, 1.165) is 66.3 Å². The third-order valence-electron chi connectivity index (χ3n) is 16.6. The topological polar surface area (TPSA) is 219 Å². The number of likely N-dealkylation sites (tertiary alicyclic amines) is 1. The van der Waals surface area contributed by atoms with Gasteiger partial charge in [-0.15, -0.1) is 0 Å². The van der Waals surface area contributed by atoms with E-state index in [-0.39, 0.29) is 80.1 Å². The van der Waals surface area contributed by atoms with Crippen molar-refractivity contribution in [1.82, 2.24) is 47.0 Å². The molecule has 0 saturated carbocycles. The van der Waals surface area contributed by atoms with Gasteiger partial charge in [0.05, 0.1) is 24.2 Å². The van der Waals surface area contributed by atoms with Gasteiger partial charge in [0.1, 0.15) is 36.5 Å². The molecular formula is C63H83N9O8. The number of ether oxygens (including phenoxy) is 1. The molecule has 0 spiro atoms. The van der Waals surface area contributed by atoms with E-state index in [2.05, 4.69) is 55.4 Å². The second kappa shape index (κ2) is 25.1. The molecule has 0 aromatic heterocycles. The summed E-state index contributed by atoms with van der Waals surface area (Å²) < 4.78 is 6.34. The first-order valence-corrected chi connectivity index (χ1v) is 28.5. The molecule has 2 aliphatic carbocycles. The van der Waals surface area contributed by atoms with E-state index in [0.29, 0.717) is 11.3 Å². The molecule has 8 rings (SSSR count). The predicted octanol–water partition coefficient (Wildman–Crippen LogP) is 5.88. The smallest absolute Gasteiger partial charge is 0.251 e. The minimum atomic E-state index is -0.947. The molecule has 0 bridgehead atoms. The Morgan fingerprint density at radius 1 is 0.600 bits per heavy atom. The van der Waals surface area contributed by atoms with Crippen molar-refractivity contribution in [3.8, 4) is 5.75 Å². The van der Waals surface area contributed by atoms with Crippen LogP contribution >= 0.6 is 0 Å². The van der Waals surface area contributed by atoms with Gasteiger partial charge in [0.2, 0.25) is 35.4 Å². The molecule has 0 radical (unpaired) electrons. The van der Waals surface area contributed by atoms with Crippen molar-refractivity contribution in [2.75, 3.05) is 20.6 Å². The van der Waals surface area contributed by atoms with Crippen LogP contribution < -0.4 is 42.0 Å². The fourth-order valence-electron chi connectivity index (χ4n) is 11.5. The van der Waals surface area contributed by atoms with Crippen molar-refractivity contribution in [2.45, 2.75) is 174 Å². The van der Waals surface area contributed by atoms with Crippen LogP contribution in [0.15, 0.2) is 91.0 Å². The predicted molar refractivity (Wildman–Crippen MR) is 307 cm³/mol. The number of carbonyl (C=O) groups is 7. The molecule has 2 aliphatic heterocycles. The Morgan fingerprint density at radius 3 is 1.64 bits per heavy atom. The molecule has 9 atom stereocenters. The number of fused-ring (bicyclic) bond motifs is 3. The average Bonchev–Trinajstić information content (AvgIpc) is 3.89. The number of nitrogens with zero attached hydrogens (tertiary/aromatic N) is 2. The number of carbonyl (C=O) groups excluding carboxylic acids is 7. The van der Waals surface area contributed by atoms with Crippen LogP contribution in [-0.2, 0) is 61.2 Å². The molecule has 4 aromatic carbocycles. The van der Waals surface area contributed by atoms with Gasteiger partial charge in [-0.05, 0) is 147 Å². The van der Waals surface area contributed by atoms with Gasteiger partial charge in [0.15, 0.2) is 0 Å². The number of hydrogen-bond acceptors (Lipinski definition) is 10. The van der Waals surface area contributed by atoms with E-state index in [9.17, 15) is 33.6 Å². The second-order valence-corrected chi connectivity index (χ2v) is 24.5. The largest absolute Gasteiger partial charge is 0.489 e. The van der Waals surface area contributed by atoms with Crippen LogP contribution in [0.2, 0.25) is 0 Å².